The molecule has 1 aromatic carbocycles. The molecule has 0 saturated carbocycles. The van der Waals surface area contributed by atoms with Gasteiger partial charge >= 0.3 is 6.18 Å². The Kier molecular flexibility index (Phi) is 5.98. The highest BCUT2D eigenvalue weighted by atomic mass is 35.5. The number of nitrogens with one attached hydrogen (secondary N) is 1. The maximum atomic E-state index is 13.6. The lowest BCUT2D eigenvalue weighted by Crippen LogP contribution is -2.49. The summed E-state index contributed by atoms with van der Waals surface area (Å²) in [5, 5.41) is 6.62. The van der Waals surface area contributed by atoms with E-state index in [2.05, 4.69) is 10.4 Å². The Morgan fingerprint density at radius 3 is 2.31 bits per heavy atom. The predicted octanol–water partition coefficient (Wildman–Crippen LogP) is 3.79. The van der Waals surface area contributed by atoms with Crippen molar-refractivity contribution in [2.45, 2.75) is 38.4 Å². The van der Waals surface area contributed by atoms with Gasteiger partial charge in [-0.2, -0.15) is 18.3 Å². The molecule has 0 saturated heterocycles. The van der Waals surface area contributed by atoms with Crippen molar-refractivity contribution in [1.82, 2.24) is 15.1 Å². The van der Waals surface area contributed by atoms with Gasteiger partial charge < -0.3 is 11.1 Å². The van der Waals surface area contributed by atoms with Crippen molar-refractivity contribution >= 4 is 17.5 Å². The third-order valence-corrected chi connectivity index (χ3v) is 4.61. The number of aromatic nitrogens is 2. The van der Waals surface area contributed by atoms with Crippen molar-refractivity contribution < 1.29 is 18.0 Å². The molecule has 0 aliphatic carbocycles. The molecule has 0 radical (unpaired) electrons. The van der Waals surface area contributed by atoms with Gasteiger partial charge in [-0.1, -0.05) is 25.4 Å². The van der Waals surface area contributed by atoms with Gasteiger partial charge in [0.15, 0.2) is 5.69 Å². The van der Waals surface area contributed by atoms with Crippen LogP contribution in [0.25, 0.3) is 5.69 Å². The molecule has 3 N–H and O–H groups in total. The van der Waals surface area contributed by atoms with Gasteiger partial charge in [0.05, 0.1) is 17.4 Å². The number of carbonyl (C=O) groups excluding carboxylic acids is 1. The summed E-state index contributed by atoms with van der Waals surface area (Å²) in [6.45, 7) is 3.78. The van der Waals surface area contributed by atoms with Crippen LogP contribution in [0.5, 0.6) is 0 Å². The first-order valence-electron chi connectivity index (χ1n) is 8.09. The van der Waals surface area contributed by atoms with E-state index in [0.29, 0.717) is 22.5 Å². The maximum Gasteiger partial charge on any atom is 0.434 e. The number of hydrogen-bond acceptors (Lipinski definition) is 3. The van der Waals surface area contributed by atoms with Crippen LogP contribution in [-0.2, 0) is 6.18 Å². The molecule has 1 heterocycles. The molecule has 0 aliphatic rings. The normalized spacial score (nSPS) is 12.3. The largest absolute Gasteiger partial charge is 0.434 e. The molecule has 1 amide bonds. The van der Waals surface area contributed by atoms with E-state index in [4.69, 9.17) is 17.3 Å². The molecule has 2 aromatic rings. The molecule has 2 rings (SSSR count). The van der Waals surface area contributed by atoms with Crippen molar-refractivity contribution in [3.63, 3.8) is 0 Å². The summed E-state index contributed by atoms with van der Waals surface area (Å²) >= 11 is 5.77. The minimum atomic E-state index is -4.77. The zero-order valence-corrected chi connectivity index (χ0v) is 15.2. The van der Waals surface area contributed by atoms with Crippen LogP contribution < -0.4 is 11.1 Å². The zero-order chi connectivity index (χ0) is 19.5. The Bertz CT molecular complexity index is 767. The number of hydrogen-bond donors (Lipinski definition) is 2. The summed E-state index contributed by atoms with van der Waals surface area (Å²) in [6, 6.07) is 5.68. The lowest BCUT2D eigenvalue weighted by atomic mass is 9.94. The Morgan fingerprint density at radius 1 is 1.23 bits per heavy atom. The number of nitrogens with zero attached hydrogens (tertiary/aromatic N) is 2. The van der Waals surface area contributed by atoms with E-state index >= 15 is 0 Å². The summed E-state index contributed by atoms with van der Waals surface area (Å²) in [4.78, 5) is 12.3. The molecule has 5 nitrogen and oxygen atoms in total. The van der Waals surface area contributed by atoms with Gasteiger partial charge in [0.1, 0.15) is 0 Å². The van der Waals surface area contributed by atoms with Crippen molar-refractivity contribution in [3.8, 4) is 5.69 Å². The summed E-state index contributed by atoms with van der Waals surface area (Å²) in [5.41, 5.74) is 3.87. The summed E-state index contributed by atoms with van der Waals surface area (Å²) < 4.78 is 41.4. The van der Waals surface area contributed by atoms with E-state index in [1.165, 1.54) is 24.3 Å². The molecule has 0 spiro atoms. The summed E-state index contributed by atoms with van der Waals surface area (Å²) in [5.74, 6) is -0.866. The molecule has 0 fully saturated rings. The van der Waals surface area contributed by atoms with E-state index in [0.717, 1.165) is 6.20 Å². The number of benzene rings is 1. The highest BCUT2D eigenvalue weighted by Gasteiger charge is 2.40. The average Bonchev–Trinajstić information content (AvgIpc) is 3.05. The van der Waals surface area contributed by atoms with E-state index in [1.807, 2.05) is 13.8 Å². The number of nitrogens with two attached hydrogens (primary N) is 1. The topological polar surface area (TPSA) is 72.9 Å². The summed E-state index contributed by atoms with van der Waals surface area (Å²) in [7, 11) is 0. The first-order chi connectivity index (χ1) is 12.1. The number of carbonyl (C=O) groups is 1. The van der Waals surface area contributed by atoms with Crippen LogP contribution in [0.2, 0.25) is 5.02 Å². The van der Waals surface area contributed by atoms with Gasteiger partial charge in [-0.05, 0) is 37.1 Å². The molecule has 26 heavy (non-hydrogen) atoms. The van der Waals surface area contributed by atoms with Gasteiger partial charge in [0.2, 0.25) is 0 Å². The van der Waals surface area contributed by atoms with Crippen LogP contribution in [0.15, 0.2) is 30.5 Å². The van der Waals surface area contributed by atoms with Crippen molar-refractivity contribution in [2.75, 3.05) is 6.54 Å². The quantitative estimate of drug-likeness (QED) is 0.790. The lowest BCUT2D eigenvalue weighted by molar-refractivity contribution is -0.143. The van der Waals surface area contributed by atoms with Gasteiger partial charge in [0, 0.05) is 17.1 Å². The van der Waals surface area contributed by atoms with Gasteiger partial charge in [-0.15, -0.1) is 0 Å². The smallest absolute Gasteiger partial charge is 0.350 e. The second kappa shape index (κ2) is 7.67. The number of amides is 1. The van der Waals surface area contributed by atoms with Crippen LogP contribution in [0.4, 0.5) is 13.2 Å². The molecular weight excluding hydrogens is 369 g/mol. The van der Waals surface area contributed by atoms with Crippen LogP contribution in [-0.4, -0.2) is 27.8 Å². The molecule has 0 atom stereocenters. The third-order valence-electron chi connectivity index (χ3n) is 4.36. The predicted molar refractivity (Wildman–Crippen MR) is 93.4 cm³/mol. The molecule has 0 unspecified atom stereocenters. The molecule has 1 aromatic heterocycles. The third kappa shape index (κ3) is 4.37. The molecular formula is C17H20ClF3N4O. The van der Waals surface area contributed by atoms with Crippen LogP contribution in [0.3, 0.4) is 0 Å². The SMILES string of the molecule is CCC(N)(CC)CNC(=O)c1cnn(-c2ccc(Cl)cc2)c1C(F)(F)F. The monoisotopic (exact) mass is 388 g/mol. The minimum Gasteiger partial charge on any atom is -0.350 e. The van der Waals surface area contributed by atoms with Crippen molar-refractivity contribution in [3.05, 3.63) is 46.7 Å². The van der Waals surface area contributed by atoms with E-state index in [9.17, 15) is 18.0 Å². The fourth-order valence-electron chi connectivity index (χ4n) is 2.42. The molecule has 142 valence electrons. The van der Waals surface area contributed by atoms with Crippen LogP contribution >= 0.6 is 11.6 Å². The van der Waals surface area contributed by atoms with Crippen molar-refractivity contribution in [2.24, 2.45) is 5.73 Å². The first kappa shape index (κ1) is 20.3. The van der Waals surface area contributed by atoms with Gasteiger partial charge in [-0.25, -0.2) is 4.68 Å². The molecule has 0 aliphatic heterocycles. The van der Waals surface area contributed by atoms with Gasteiger partial charge in [0.25, 0.3) is 5.91 Å². The zero-order valence-electron chi connectivity index (χ0n) is 14.4. The number of alkyl halides is 3. The Balaban J connectivity index is 2.37. The highest BCUT2D eigenvalue weighted by molar-refractivity contribution is 6.30. The van der Waals surface area contributed by atoms with E-state index < -0.39 is 28.9 Å². The fraction of sp³-hybridized carbons (Fsp3) is 0.412. The number of halogens is 4. The Hall–Kier alpha value is -2.06. The first-order valence-corrected chi connectivity index (χ1v) is 8.47. The van der Waals surface area contributed by atoms with Crippen molar-refractivity contribution in [1.29, 1.82) is 0 Å². The minimum absolute atomic E-state index is 0.0717. The standard InChI is InChI=1S/C17H20ClF3N4O/c1-3-16(22,4-2)10-23-15(26)13-9-24-25(14(13)17(19,20)21)12-7-5-11(18)6-8-12/h5-9H,3-4,10,22H2,1-2H3,(H,23,26). The Labute approximate surface area is 154 Å². The second-order valence-electron chi connectivity index (χ2n) is 6.04. The Morgan fingerprint density at radius 2 is 1.81 bits per heavy atom. The lowest BCUT2D eigenvalue weighted by Gasteiger charge is -2.26. The van der Waals surface area contributed by atoms with Crippen LogP contribution in [0.1, 0.15) is 42.7 Å². The highest BCUT2D eigenvalue weighted by Crippen LogP contribution is 2.33. The van der Waals surface area contributed by atoms with Crippen LogP contribution in [0, 0.1) is 0 Å². The average molecular weight is 389 g/mol. The molecule has 9 heteroatoms. The van der Waals surface area contributed by atoms with E-state index in [-0.39, 0.29) is 12.2 Å². The number of rotatable bonds is 6. The second-order valence-corrected chi connectivity index (χ2v) is 6.48. The molecule has 0 bridgehead atoms. The van der Waals surface area contributed by atoms with E-state index in [1.54, 1.807) is 0 Å². The fourth-order valence-corrected chi connectivity index (χ4v) is 2.54. The van der Waals surface area contributed by atoms with Gasteiger partial charge in [-0.3, -0.25) is 4.79 Å². The maximum absolute atomic E-state index is 13.6. The summed E-state index contributed by atoms with van der Waals surface area (Å²) in [6.07, 6.45) is -2.69.